The smallest absolute Gasteiger partial charge is 0.263 e. The first kappa shape index (κ1) is 18.4. The molecule has 1 saturated heterocycles. The molecule has 0 spiro atoms. The molecule has 140 valence electrons. The van der Waals surface area contributed by atoms with Crippen LogP contribution in [0.15, 0.2) is 23.3 Å². The minimum atomic E-state index is -0.327. The van der Waals surface area contributed by atoms with E-state index in [1.807, 2.05) is 30.7 Å². The Bertz CT molecular complexity index is 847. The van der Waals surface area contributed by atoms with Crippen molar-refractivity contribution in [2.75, 3.05) is 13.2 Å². The van der Waals surface area contributed by atoms with Crippen LogP contribution in [-0.4, -0.2) is 39.3 Å². The molecule has 1 aliphatic heterocycles. The van der Waals surface area contributed by atoms with E-state index in [-0.39, 0.29) is 23.1 Å². The van der Waals surface area contributed by atoms with Crippen molar-refractivity contribution < 1.29 is 9.53 Å². The lowest BCUT2D eigenvalue weighted by Crippen LogP contribution is -2.37. The van der Waals surface area contributed by atoms with Crippen molar-refractivity contribution >= 4 is 5.91 Å². The highest BCUT2D eigenvalue weighted by Crippen LogP contribution is 2.15. The van der Waals surface area contributed by atoms with Gasteiger partial charge in [0.15, 0.2) is 0 Å². The minimum absolute atomic E-state index is 0.0502. The average Bonchev–Trinajstić information content (AvgIpc) is 3.23. The maximum atomic E-state index is 12.9. The lowest BCUT2D eigenvalue weighted by Gasteiger charge is -2.17. The maximum absolute atomic E-state index is 12.9. The van der Waals surface area contributed by atoms with Crippen molar-refractivity contribution in [2.45, 2.75) is 52.8 Å². The summed E-state index contributed by atoms with van der Waals surface area (Å²) in [7, 11) is 0. The van der Waals surface area contributed by atoms with Crippen LogP contribution >= 0.6 is 0 Å². The number of carbonyl (C=O) groups excluding carboxylic acids is 1. The standard InChI is InChI=1S/C19H26N4O3/c1-13-11-14(2)23(12-16-5-4-10-26-16)19(25)17(13)18(24)21-7-9-22-8-6-20-15(22)3/h6,8,11,16H,4-5,7,9-10,12H2,1-3H3,(H,21,24)/t16-/m0/s1. The van der Waals surface area contributed by atoms with Crippen LogP contribution in [-0.2, 0) is 17.8 Å². The predicted molar refractivity (Wildman–Crippen MR) is 98.4 cm³/mol. The first-order valence-corrected chi connectivity index (χ1v) is 9.06. The normalized spacial score (nSPS) is 16.8. The van der Waals surface area contributed by atoms with E-state index < -0.39 is 0 Å². The van der Waals surface area contributed by atoms with E-state index in [0.717, 1.165) is 31.0 Å². The van der Waals surface area contributed by atoms with Crippen LogP contribution in [0.4, 0.5) is 0 Å². The van der Waals surface area contributed by atoms with E-state index in [1.54, 1.807) is 17.7 Å². The van der Waals surface area contributed by atoms with E-state index in [0.29, 0.717) is 25.2 Å². The molecular formula is C19H26N4O3. The second-order valence-electron chi connectivity index (χ2n) is 6.82. The number of carbonyl (C=O) groups is 1. The number of hydrogen-bond acceptors (Lipinski definition) is 4. The Labute approximate surface area is 153 Å². The van der Waals surface area contributed by atoms with Gasteiger partial charge >= 0.3 is 0 Å². The molecule has 2 aromatic heterocycles. The van der Waals surface area contributed by atoms with Gasteiger partial charge in [0.2, 0.25) is 0 Å². The number of imidazole rings is 1. The second-order valence-corrected chi connectivity index (χ2v) is 6.82. The molecule has 0 unspecified atom stereocenters. The molecule has 7 nitrogen and oxygen atoms in total. The van der Waals surface area contributed by atoms with Crippen LogP contribution in [0.5, 0.6) is 0 Å². The number of rotatable bonds is 6. The van der Waals surface area contributed by atoms with Gasteiger partial charge < -0.3 is 19.2 Å². The minimum Gasteiger partial charge on any atom is -0.376 e. The Morgan fingerprint density at radius 2 is 2.19 bits per heavy atom. The number of pyridine rings is 1. The largest absolute Gasteiger partial charge is 0.376 e. The van der Waals surface area contributed by atoms with Crippen LogP contribution in [0.25, 0.3) is 0 Å². The lowest BCUT2D eigenvalue weighted by molar-refractivity contribution is 0.0926. The Balaban J connectivity index is 1.74. The zero-order chi connectivity index (χ0) is 18.7. The molecule has 0 aromatic carbocycles. The number of nitrogens with zero attached hydrogens (tertiary/aromatic N) is 3. The van der Waals surface area contributed by atoms with Crippen molar-refractivity contribution in [3.8, 4) is 0 Å². The van der Waals surface area contributed by atoms with Crippen molar-refractivity contribution in [1.82, 2.24) is 19.4 Å². The maximum Gasteiger partial charge on any atom is 0.263 e. The molecule has 3 heterocycles. The molecule has 2 aromatic rings. The van der Waals surface area contributed by atoms with Crippen LogP contribution in [0, 0.1) is 20.8 Å². The summed E-state index contributed by atoms with van der Waals surface area (Å²) in [4.78, 5) is 29.7. The number of aryl methyl sites for hydroxylation is 3. The lowest BCUT2D eigenvalue weighted by atomic mass is 10.1. The van der Waals surface area contributed by atoms with Gasteiger partial charge in [-0.05, 0) is 45.2 Å². The fourth-order valence-corrected chi connectivity index (χ4v) is 3.44. The molecule has 26 heavy (non-hydrogen) atoms. The number of ether oxygens (including phenoxy) is 1. The van der Waals surface area contributed by atoms with Crippen LogP contribution < -0.4 is 10.9 Å². The van der Waals surface area contributed by atoms with Crippen LogP contribution in [0.2, 0.25) is 0 Å². The van der Waals surface area contributed by atoms with Gasteiger partial charge in [0, 0.05) is 37.8 Å². The van der Waals surface area contributed by atoms with Crippen LogP contribution in [0.3, 0.4) is 0 Å². The third-order valence-electron chi connectivity index (χ3n) is 4.90. The number of amides is 1. The zero-order valence-corrected chi connectivity index (χ0v) is 15.6. The third kappa shape index (κ3) is 3.88. The van der Waals surface area contributed by atoms with Gasteiger partial charge in [0.1, 0.15) is 11.4 Å². The summed E-state index contributed by atoms with van der Waals surface area (Å²) in [6.07, 6.45) is 5.61. The van der Waals surface area contributed by atoms with Crippen molar-refractivity contribution in [2.24, 2.45) is 0 Å². The van der Waals surface area contributed by atoms with Gasteiger partial charge in [-0.15, -0.1) is 0 Å². The third-order valence-corrected chi connectivity index (χ3v) is 4.90. The highest BCUT2D eigenvalue weighted by Gasteiger charge is 2.21. The van der Waals surface area contributed by atoms with Gasteiger partial charge in [-0.1, -0.05) is 0 Å². The Morgan fingerprint density at radius 3 is 2.85 bits per heavy atom. The molecule has 1 fully saturated rings. The molecule has 1 aliphatic rings. The first-order valence-electron chi connectivity index (χ1n) is 9.06. The molecule has 0 radical (unpaired) electrons. The quantitative estimate of drug-likeness (QED) is 0.850. The molecule has 1 N–H and O–H groups in total. The molecule has 7 heteroatoms. The molecule has 1 atom stereocenters. The van der Waals surface area contributed by atoms with Gasteiger partial charge in [-0.2, -0.15) is 0 Å². The highest BCUT2D eigenvalue weighted by molar-refractivity contribution is 5.95. The second kappa shape index (κ2) is 7.86. The van der Waals surface area contributed by atoms with Crippen molar-refractivity contribution in [3.05, 3.63) is 51.5 Å². The monoisotopic (exact) mass is 358 g/mol. The molecule has 1 amide bonds. The Morgan fingerprint density at radius 1 is 1.38 bits per heavy atom. The predicted octanol–water partition coefficient (Wildman–Crippen LogP) is 1.58. The summed E-state index contributed by atoms with van der Waals surface area (Å²) in [5.74, 6) is 0.566. The number of hydrogen-bond donors (Lipinski definition) is 1. The van der Waals surface area contributed by atoms with Gasteiger partial charge in [0.25, 0.3) is 11.5 Å². The number of nitrogens with one attached hydrogen (secondary N) is 1. The molecular weight excluding hydrogens is 332 g/mol. The highest BCUT2D eigenvalue weighted by atomic mass is 16.5. The summed E-state index contributed by atoms with van der Waals surface area (Å²) in [6, 6.07) is 1.89. The average molecular weight is 358 g/mol. The zero-order valence-electron chi connectivity index (χ0n) is 15.6. The fraction of sp³-hybridized carbons (Fsp3) is 0.526. The van der Waals surface area contributed by atoms with E-state index in [4.69, 9.17) is 4.74 Å². The first-order chi connectivity index (χ1) is 12.5. The van der Waals surface area contributed by atoms with Crippen LogP contribution in [0.1, 0.15) is 40.3 Å². The summed E-state index contributed by atoms with van der Waals surface area (Å²) >= 11 is 0. The topological polar surface area (TPSA) is 78.1 Å². The summed E-state index contributed by atoms with van der Waals surface area (Å²) < 4.78 is 9.27. The molecule has 0 bridgehead atoms. The fourth-order valence-electron chi connectivity index (χ4n) is 3.44. The van der Waals surface area contributed by atoms with E-state index >= 15 is 0 Å². The van der Waals surface area contributed by atoms with Gasteiger partial charge in [0.05, 0.1) is 12.6 Å². The summed E-state index contributed by atoms with van der Waals surface area (Å²) in [5.41, 5.74) is 1.53. The summed E-state index contributed by atoms with van der Waals surface area (Å²) in [5, 5.41) is 2.85. The Hall–Kier alpha value is -2.41. The van der Waals surface area contributed by atoms with Crippen molar-refractivity contribution in [1.29, 1.82) is 0 Å². The van der Waals surface area contributed by atoms with Crippen molar-refractivity contribution in [3.63, 3.8) is 0 Å². The molecule has 0 aliphatic carbocycles. The van der Waals surface area contributed by atoms with Gasteiger partial charge in [-0.3, -0.25) is 9.59 Å². The molecule has 0 saturated carbocycles. The Kier molecular flexibility index (Phi) is 5.56. The number of aromatic nitrogens is 3. The molecule has 3 rings (SSSR count). The van der Waals surface area contributed by atoms with E-state index in [2.05, 4.69) is 10.3 Å². The van der Waals surface area contributed by atoms with Gasteiger partial charge in [-0.25, -0.2) is 4.98 Å². The summed E-state index contributed by atoms with van der Waals surface area (Å²) in [6.45, 7) is 7.91. The SMILES string of the molecule is Cc1cc(C)n(C[C@@H]2CCCO2)c(=O)c1C(=O)NCCn1ccnc1C. The van der Waals surface area contributed by atoms with E-state index in [1.165, 1.54) is 0 Å². The van der Waals surface area contributed by atoms with E-state index in [9.17, 15) is 9.59 Å².